The van der Waals surface area contributed by atoms with Crippen molar-refractivity contribution in [3.63, 3.8) is 0 Å². The number of rotatable bonds is 6. The fraction of sp³-hybridized carbons (Fsp3) is 1.00. The molecule has 1 saturated carbocycles. The van der Waals surface area contributed by atoms with Crippen molar-refractivity contribution in [2.75, 3.05) is 26.2 Å². The monoisotopic (exact) mass is 304 g/mol. The molecule has 1 saturated heterocycles. The minimum absolute atomic E-state index is 0.167. The van der Waals surface area contributed by atoms with E-state index in [1.807, 2.05) is 0 Å². The maximum absolute atomic E-state index is 12.3. The van der Waals surface area contributed by atoms with Gasteiger partial charge in [-0.15, -0.1) is 0 Å². The first kappa shape index (κ1) is 16.2. The number of hydrogen-bond acceptors (Lipinski definition) is 3. The molecule has 0 aromatic heterocycles. The molecule has 0 spiro atoms. The summed E-state index contributed by atoms with van der Waals surface area (Å²) in [6.07, 6.45) is 7.28. The molecule has 1 aliphatic heterocycles. The van der Waals surface area contributed by atoms with Crippen LogP contribution in [0.2, 0.25) is 0 Å². The second-order valence-corrected chi connectivity index (χ2v) is 8.17. The second kappa shape index (κ2) is 6.73. The van der Waals surface area contributed by atoms with Crippen molar-refractivity contribution >= 4 is 10.2 Å². The Morgan fingerprint density at radius 2 is 1.85 bits per heavy atom. The van der Waals surface area contributed by atoms with Gasteiger partial charge in [0.25, 0.3) is 10.2 Å². The van der Waals surface area contributed by atoms with E-state index in [1.54, 1.807) is 0 Å². The van der Waals surface area contributed by atoms with Gasteiger partial charge >= 0.3 is 0 Å². The Morgan fingerprint density at radius 1 is 1.25 bits per heavy atom. The van der Waals surface area contributed by atoms with Gasteiger partial charge in [0.1, 0.15) is 0 Å². The quantitative estimate of drug-likeness (QED) is 0.781. The van der Waals surface area contributed by atoms with E-state index in [0.717, 1.165) is 32.1 Å². The van der Waals surface area contributed by atoms with Gasteiger partial charge in [-0.2, -0.15) is 12.7 Å². The lowest BCUT2D eigenvalue weighted by atomic mass is 9.84. The third kappa shape index (κ3) is 3.72. The predicted molar refractivity (Wildman–Crippen MR) is 79.5 cm³/mol. The van der Waals surface area contributed by atoms with Gasteiger partial charge in [-0.05, 0) is 43.4 Å². The van der Waals surface area contributed by atoms with Crippen molar-refractivity contribution in [2.24, 2.45) is 11.3 Å². The van der Waals surface area contributed by atoms with E-state index in [0.29, 0.717) is 19.6 Å². The molecule has 0 amide bonds. The smallest absolute Gasteiger partial charge is 0.279 e. The van der Waals surface area contributed by atoms with E-state index in [9.17, 15) is 8.42 Å². The first-order chi connectivity index (χ1) is 9.51. The van der Waals surface area contributed by atoms with Crippen LogP contribution in [0.5, 0.6) is 0 Å². The number of aliphatic hydroxyl groups excluding tert-OH is 1. The van der Waals surface area contributed by atoms with Gasteiger partial charge in [-0.3, -0.25) is 0 Å². The summed E-state index contributed by atoms with van der Waals surface area (Å²) in [5.41, 5.74) is 0.177. The minimum atomic E-state index is -3.35. The SMILES string of the molecule is CCC1(CNS(=O)(=O)N2CCC(CO)CC2)CCCC1. The van der Waals surface area contributed by atoms with Gasteiger partial charge < -0.3 is 5.11 Å². The first-order valence-electron chi connectivity index (χ1n) is 7.87. The van der Waals surface area contributed by atoms with Gasteiger partial charge in [0.05, 0.1) is 0 Å². The van der Waals surface area contributed by atoms with Crippen LogP contribution in [0.4, 0.5) is 0 Å². The fourth-order valence-corrected chi connectivity index (χ4v) is 4.81. The highest BCUT2D eigenvalue weighted by Gasteiger charge is 2.35. The molecule has 0 aromatic rings. The molecule has 1 heterocycles. The van der Waals surface area contributed by atoms with E-state index < -0.39 is 10.2 Å². The van der Waals surface area contributed by atoms with E-state index in [-0.39, 0.29) is 17.9 Å². The van der Waals surface area contributed by atoms with E-state index in [4.69, 9.17) is 5.11 Å². The van der Waals surface area contributed by atoms with Crippen molar-refractivity contribution in [3.05, 3.63) is 0 Å². The highest BCUT2D eigenvalue weighted by Crippen LogP contribution is 2.40. The van der Waals surface area contributed by atoms with Crippen molar-refractivity contribution in [1.29, 1.82) is 0 Å². The summed E-state index contributed by atoms with van der Waals surface area (Å²) < 4.78 is 29.1. The number of aliphatic hydroxyl groups is 1. The average molecular weight is 304 g/mol. The topological polar surface area (TPSA) is 69.6 Å². The molecule has 0 bridgehead atoms. The number of piperidine rings is 1. The van der Waals surface area contributed by atoms with Crippen LogP contribution in [0, 0.1) is 11.3 Å². The third-order valence-electron chi connectivity index (χ3n) is 5.22. The van der Waals surface area contributed by atoms with E-state index in [2.05, 4.69) is 11.6 Å². The van der Waals surface area contributed by atoms with Crippen LogP contribution in [-0.2, 0) is 10.2 Å². The Bertz CT molecular complexity index is 397. The van der Waals surface area contributed by atoms with E-state index in [1.165, 1.54) is 17.1 Å². The Morgan fingerprint density at radius 3 is 2.35 bits per heavy atom. The molecule has 0 aromatic carbocycles. The summed E-state index contributed by atoms with van der Waals surface area (Å²) in [6.45, 7) is 3.96. The molecule has 2 N–H and O–H groups in total. The second-order valence-electron chi connectivity index (χ2n) is 6.41. The zero-order valence-electron chi connectivity index (χ0n) is 12.5. The molecule has 118 valence electrons. The number of nitrogens with one attached hydrogen (secondary N) is 1. The normalized spacial score (nSPS) is 25.1. The molecule has 0 atom stereocenters. The van der Waals surface area contributed by atoms with Crippen molar-refractivity contribution in [3.8, 4) is 0 Å². The van der Waals surface area contributed by atoms with Crippen LogP contribution < -0.4 is 4.72 Å². The summed E-state index contributed by atoms with van der Waals surface area (Å²) in [5.74, 6) is 0.262. The third-order valence-corrected chi connectivity index (χ3v) is 6.77. The predicted octanol–water partition coefficient (Wildman–Crippen LogP) is 1.50. The molecule has 20 heavy (non-hydrogen) atoms. The Kier molecular flexibility index (Phi) is 5.45. The molecular formula is C14H28N2O3S. The zero-order valence-corrected chi connectivity index (χ0v) is 13.3. The molecule has 0 unspecified atom stereocenters. The molecule has 2 aliphatic rings. The number of nitrogens with zero attached hydrogens (tertiary/aromatic N) is 1. The van der Waals surface area contributed by atoms with Crippen molar-refractivity contribution in [2.45, 2.75) is 51.9 Å². The molecule has 0 radical (unpaired) electrons. The number of hydrogen-bond donors (Lipinski definition) is 2. The Balaban J connectivity index is 1.88. The highest BCUT2D eigenvalue weighted by atomic mass is 32.2. The summed E-state index contributed by atoms with van der Waals surface area (Å²) in [6, 6.07) is 0. The van der Waals surface area contributed by atoms with Crippen molar-refractivity contribution < 1.29 is 13.5 Å². The van der Waals surface area contributed by atoms with Crippen LogP contribution in [0.25, 0.3) is 0 Å². The van der Waals surface area contributed by atoms with Crippen LogP contribution >= 0.6 is 0 Å². The van der Waals surface area contributed by atoms with Gasteiger partial charge in [0, 0.05) is 26.2 Å². The lowest BCUT2D eigenvalue weighted by molar-refractivity contribution is 0.169. The summed E-state index contributed by atoms with van der Waals surface area (Å²) in [4.78, 5) is 0. The zero-order chi connectivity index (χ0) is 14.6. The average Bonchev–Trinajstić information content (AvgIpc) is 2.95. The van der Waals surface area contributed by atoms with Crippen molar-refractivity contribution in [1.82, 2.24) is 9.03 Å². The first-order valence-corrected chi connectivity index (χ1v) is 9.31. The molecule has 2 rings (SSSR count). The maximum Gasteiger partial charge on any atom is 0.279 e. The lowest BCUT2D eigenvalue weighted by Crippen LogP contribution is -2.47. The van der Waals surface area contributed by atoms with Gasteiger partial charge in [-0.25, -0.2) is 4.72 Å². The molecule has 2 fully saturated rings. The molecule has 6 heteroatoms. The summed E-state index contributed by atoms with van der Waals surface area (Å²) in [7, 11) is -3.35. The maximum atomic E-state index is 12.3. The van der Waals surface area contributed by atoms with Gasteiger partial charge in [0.2, 0.25) is 0 Å². The summed E-state index contributed by atoms with van der Waals surface area (Å²) in [5, 5.41) is 9.11. The minimum Gasteiger partial charge on any atom is -0.396 e. The van der Waals surface area contributed by atoms with Crippen LogP contribution in [-0.4, -0.2) is 44.1 Å². The molecular weight excluding hydrogens is 276 g/mol. The van der Waals surface area contributed by atoms with Gasteiger partial charge in [-0.1, -0.05) is 19.8 Å². The summed E-state index contributed by atoms with van der Waals surface area (Å²) >= 11 is 0. The van der Waals surface area contributed by atoms with E-state index >= 15 is 0 Å². The van der Waals surface area contributed by atoms with Crippen LogP contribution in [0.1, 0.15) is 51.9 Å². The Hall–Kier alpha value is -0.170. The molecule has 5 nitrogen and oxygen atoms in total. The van der Waals surface area contributed by atoms with Crippen LogP contribution in [0.15, 0.2) is 0 Å². The highest BCUT2D eigenvalue weighted by molar-refractivity contribution is 7.87. The standard InChI is InChI=1S/C14H28N2O3S/c1-2-14(7-3-4-8-14)12-15-20(18,19)16-9-5-13(11-17)6-10-16/h13,15,17H,2-12H2,1H3. The fourth-order valence-electron chi connectivity index (χ4n) is 3.45. The molecule has 1 aliphatic carbocycles. The van der Waals surface area contributed by atoms with Crippen LogP contribution in [0.3, 0.4) is 0 Å². The van der Waals surface area contributed by atoms with Gasteiger partial charge in [0.15, 0.2) is 0 Å². The lowest BCUT2D eigenvalue weighted by Gasteiger charge is -2.33. The Labute approximate surface area is 122 Å². The largest absolute Gasteiger partial charge is 0.396 e.